The number of nitrogens with two attached hydrogens (primary N) is 1. The third-order valence-electron chi connectivity index (χ3n) is 1.96. The molecule has 1 amide bonds. The molecule has 74 valence electrons. The number of nitrogens with zero attached hydrogens (tertiary/aromatic N) is 1. The van der Waals surface area contributed by atoms with Gasteiger partial charge in [-0.1, -0.05) is 6.07 Å². The summed E-state index contributed by atoms with van der Waals surface area (Å²) in [6.07, 6.45) is 3.59. The number of hydrogen-bond acceptors (Lipinski definition) is 4. The zero-order valence-electron chi connectivity index (χ0n) is 7.42. The molecule has 2 heterocycles. The van der Waals surface area contributed by atoms with Crippen molar-refractivity contribution in [1.29, 1.82) is 0 Å². The number of carbonyl (C=O) groups is 1. The number of aromatic nitrogens is 1. The molecule has 3 nitrogen and oxygen atoms in total. The normalized spacial score (nSPS) is 26.3. The highest BCUT2D eigenvalue weighted by Gasteiger charge is 2.30. The Labute approximate surface area is 90.9 Å². The smallest absolute Gasteiger partial charge is 0.231 e. The van der Waals surface area contributed by atoms with Gasteiger partial charge in [-0.05, 0) is 11.6 Å². The molecule has 2 unspecified atom stereocenters. The van der Waals surface area contributed by atoms with E-state index >= 15 is 0 Å². The lowest BCUT2D eigenvalue weighted by Crippen LogP contribution is -2.25. The van der Waals surface area contributed by atoms with E-state index in [4.69, 9.17) is 5.73 Å². The summed E-state index contributed by atoms with van der Waals surface area (Å²) in [7, 11) is 0. The van der Waals surface area contributed by atoms with Crippen LogP contribution in [0.25, 0.3) is 0 Å². The predicted molar refractivity (Wildman–Crippen MR) is 60.0 cm³/mol. The molecule has 2 N–H and O–H groups in total. The highest BCUT2D eigenvalue weighted by Crippen LogP contribution is 2.48. The van der Waals surface area contributed by atoms with Crippen molar-refractivity contribution in [2.24, 2.45) is 5.73 Å². The number of primary amides is 1. The Morgan fingerprint density at radius 1 is 1.64 bits per heavy atom. The number of carbonyl (C=O) groups excluding carboxylic acids is 1. The summed E-state index contributed by atoms with van der Waals surface area (Å²) in [5, 5.41) is -0.0507. The molecule has 1 aliphatic heterocycles. The van der Waals surface area contributed by atoms with Crippen LogP contribution in [-0.2, 0) is 4.79 Å². The van der Waals surface area contributed by atoms with E-state index in [1.54, 1.807) is 29.7 Å². The highest BCUT2D eigenvalue weighted by atomic mass is 32.2. The standard InChI is InChI=1S/C9H10N2OS2/c10-8(12)7-5-13-9(14-7)6-2-1-3-11-4-6/h1-4,7,9H,5H2,(H2,10,12). The lowest BCUT2D eigenvalue weighted by molar-refractivity contribution is -0.117. The molecule has 0 aromatic carbocycles. The number of rotatable bonds is 2. The second-order valence-electron chi connectivity index (χ2n) is 2.98. The summed E-state index contributed by atoms with van der Waals surface area (Å²) in [5.74, 6) is 0.591. The predicted octanol–water partition coefficient (Wildman–Crippen LogP) is 1.41. The SMILES string of the molecule is NC(=O)C1CSC(c2cccnc2)S1. The van der Waals surface area contributed by atoms with Crippen molar-refractivity contribution in [1.82, 2.24) is 4.98 Å². The molecular formula is C9H10N2OS2. The van der Waals surface area contributed by atoms with Crippen LogP contribution >= 0.6 is 23.5 Å². The van der Waals surface area contributed by atoms with Crippen LogP contribution in [0, 0.1) is 0 Å². The topological polar surface area (TPSA) is 56.0 Å². The molecular weight excluding hydrogens is 216 g/mol. The van der Waals surface area contributed by atoms with Crippen LogP contribution < -0.4 is 5.73 Å². The summed E-state index contributed by atoms with van der Waals surface area (Å²) in [4.78, 5) is 15.0. The number of hydrogen-bond donors (Lipinski definition) is 1. The Kier molecular flexibility index (Phi) is 2.98. The van der Waals surface area contributed by atoms with Crippen LogP contribution in [0.15, 0.2) is 24.5 Å². The van der Waals surface area contributed by atoms with Gasteiger partial charge in [-0.15, -0.1) is 23.5 Å². The van der Waals surface area contributed by atoms with Gasteiger partial charge >= 0.3 is 0 Å². The Balaban J connectivity index is 2.06. The van der Waals surface area contributed by atoms with Gasteiger partial charge in [0.15, 0.2) is 0 Å². The summed E-state index contributed by atoms with van der Waals surface area (Å²) < 4.78 is 0.307. The van der Waals surface area contributed by atoms with Crippen molar-refractivity contribution in [2.75, 3.05) is 5.75 Å². The minimum absolute atomic E-state index is 0.0507. The monoisotopic (exact) mass is 226 g/mol. The highest BCUT2D eigenvalue weighted by molar-refractivity contribution is 8.20. The quantitative estimate of drug-likeness (QED) is 0.828. The van der Waals surface area contributed by atoms with Crippen LogP contribution in [0.3, 0.4) is 0 Å². The Morgan fingerprint density at radius 3 is 3.07 bits per heavy atom. The second-order valence-corrected chi connectivity index (χ2v) is 5.73. The first kappa shape index (κ1) is 9.86. The maximum atomic E-state index is 11.0. The molecule has 1 saturated heterocycles. The van der Waals surface area contributed by atoms with Crippen molar-refractivity contribution >= 4 is 29.4 Å². The number of thioether (sulfide) groups is 2. The van der Waals surface area contributed by atoms with E-state index in [2.05, 4.69) is 4.98 Å². The van der Waals surface area contributed by atoms with Crippen molar-refractivity contribution in [3.63, 3.8) is 0 Å². The number of amides is 1. The zero-order chi connectivity index (χ0) is 9.97. The molecule has 2 rings (SSSR count). The van der Waals surface area contributed by atoms with Gasteiger partial charge in [0.1, 0.15) is 0 Å². The summed E-state index contributed by atoms with van der Waals surface area (Å²) in [5.41, 5.74) is 6.41. The molecule has 5 heteroatoms. The molecule has 0 aliphatic carbocycles. The Morgan fingerprint density at radius 2 is 2.50 bits per heavy atom. The average molecular weight is 226 g/mol. The van der Waals surface area contributed by atoms with Crippen LogP contribution in [0.4, 0.5) is 0 Å². The molecule has 1 aromatic heterocycles. The van der Waals surface area contributed by atoms with Crippen LogP contribution in [0.1, 0.15) is 10.1 Å². The van der Waals surface area contributed by atoms with Gasteiger partial charge in [-0.3, -0.25) is 9.78 Å². The molecule has 1 aromatic rings. The third-order valence-corrected chi connectivity index (χ3v) is 5.26. The fourth-order valence-electron chi connectivity index (χ4n) is 1.24. The molecule has 0 spiro atoms. The molecule has 1 fully saturated rings. The molecule has 1 aliphatic rings. The molecule has 0 bridgehead atoms. The lowest BCUT2D eigenvalue weighted by atomic mass is 10.3. The molecule has 0 saturated carbocycles. The minimum atomic E-state index is -0.214. The second kappa shape index (κ2) is 4.23. The molecule has 2 atom stereocenters. The van der Waals surface area contributed by atoms with Crippen LogP contribution in [-0.4, -0.2) is 21.9 Å². The lowest BCUT2D eigenvalue weighted by Gasteiger charge is -2.07. The Hall–Kier alpha value is -0.680. The van der Waals surface area contributed by atoms with Crippen LogP contribution in [0.5, 0.6) is 0 Å². The number of pyridine rings is 1. The van der Waals surface area contributed by atoms with E-state index in [9.17, 15) is 4.79 Å². The first-order valence-electron chi connectivity index (χ1n) is 4.23. The summed E-state index contributed by atoms with van der Waals surface area (Å²) in [6.45, 7) is 0. The van der Waals surface area contributed by atoms with Gasteiger partial charge in [0.25, 0.3) is 0 Å². The first-order chi connectivity index (χ1) is 6.77. The van der Waals surface area contributed by atoms with Crippen molar-refractivity contribution < 1.29 is 4.79 Å². The van der Waals surface area contributed by atoms with Gasteiger partial charge < -0.3 is 5.73 Å². The van der Waals surface area contributed by atoms with E-state index in [-0.39, 0.29) is 11.2 Å². The van der Waals surface area contributed by atoms with Crippen LogP contribution in [0.2, 0.25) is 0 Å². The van der Waals surface area contributed by atoms with Gasteiger partial charge in [-0.2, -0.15) is 0 Å². The summed E-state index contributed by atoms with van der Waals surface area (Å²) in [6, 6.07) is 3.94. The molecule has 0 radical (unpaired) electrons. The Bertz CT molecular complexity index is 331. The molecule has 14 heavy (non-hydrogen) atoms. The third kappa shape index (κ3) is 2.04. The van der Waals surface area contributed by atoms with Gasteiger partial charge in [0, 0.05) is 18.1 Å². The van der Waals surface area contributed by atoms with Crippen molar-refractivity contribution in [2.45, 2.75) is 9.83 Å². The van der Waals surface area contributed by atoms with E-state index < -0.39 is 0 Å². The first-order valence-corrected chi connectivity index (χ1v) is 6.23. The fraction of sp³-hybridized carbons (Fsp3) is 0.333. The van der Waals surface area contributed by atoms with Gasteiger partial charge in [0.05, 0.1) is 9.83 Å². The van der Waals surface area contributed by atoms with Crippen molar-refractivity contribution in [3.05, 3.63) is 30.1 Å². The van der Waals surface area contributed by atoms with Crippen molar-refractivity contribution in [3.8, 4) is 0 Å². The largest absolute Gasteiger partial charge is 0.369 e. The van der Waals surface area contributed by atoms with E-state index in [0.717, 1.165) is 11.3 Å². The summed E-state index contributed by atoms with van der Waals surface area (Å²) >= 11 is 3.37. The van der Waals surface area contributed by atoms with E-state index in [0.29, 0.717) is 4.58 Å². The van der Waals surface area contributed by atoms with E-state index in [1.165, 1.54) is 0 Å². The maximum absolute atomic E-state index is 11.0. The zero-order valence-corrected chi connectivity index (χ0v) is 9.05. The minimum Gasteiger partial charge on any atom is -0.369 e. The van der Waals surface area contributed by atoms with Gasteiger partial charge in [-0.25, -0.2) is 0 Å². The van der Waals surface area contributed by atoms with Gasteiger partial charge in [0.2, 0.25) is 5.91 Å². The average Bonchev–Trinajstić information content (AvgIpc) is 2.68. The fourth-order valence-corrected chi connectivity index (χ4v) is 4.32. The van der Waals surface area contributed by atoms with E-state index in [1.807, 2.05) is 18.3 Å². The maximum Gasteiger partial charge on any atom is 0.231 e.